The lowest BCUT2D eigenvalue weighted by atomic mass is 9.97. The minimum atomic E-state index is -1.52. The maximum atomic E-state index is 13.5. The van der Waals surface area contributed by atoms with Gasteiger partial charge in [-0.15, -0.1) is 0 Å². The Morgan fingerprint density at radius 1 is 0.690 bits per heavy atom. The Labute approximate surface area is 336 Å². The van der Waals surface area contributed by atoms with E-state index in [9.17, 15) is 29.4 Å². The van der Waals surface area contributed by atoms with Crippen molar-refractivity contribution in [3.63, 3.8) is 0 Å². The molecule has 0 unspecified atom stereocenters. The summed E-state index contributed by atoms with van der Waals surface area (Å²) >= 11 is 0. The molecule has 0 radical (unpaired) electrons. The molecule has 2 saturated heterocycles. The molecule has 4 atom stereocenters. The van der Waals surface area contributed by atoms with E-state index < -0.39 is 47.3 Å². The summed E-state index contributed by atoms with van der Waals surface area (Å²) in [5, 5.41) is 26.3. The van der Waals surface area contributed by atoms with E-state index in [0.717, 1.165) is 46.5 Å². The van der Waals surface area contributed by atoms with Crippen LogP contribution in [0.4, 0.5) is 9.59 Å². The predicted octanol–water partition coefficient (Wildman–Crippen LogP) is 4.18. The summed E-state index contributed by atoms with van der Waals surface area (Å²) in [7, 11) is 2.40. The summed E-state index contributed by atoms with van der Waals surface area (Å²) < 4.78 is 9.35. The number of rotatable bonds is 10. The number of H-pyrrole nitrogens is 2. The first-order valence-corrected chi connectivity index (χ1v) is 19.1. The molecule has 58 heavy (non-hydrogen) atoms. The van der Waals surface area contributed by atoms with Crippen molar-refractivity contribution in [2.24, 2.45) is 0 Å². The highest BCUT2D eigenvalue weighted by Crippen LogP contribution is 2.35. The molecule has 2 fully saturated rings. The number of benzene rings is 2. The summed E-state index contributed by atoms with van der Waals surface area (Å²) in [6.07, 6.45) is 4.70. The van der Waals surface area contributed by atoms with Gasteiger partial charge in [-0.3, -0.25) is 9.59 Å². The number of carbonyl (C=O) groups excluding carboxylic acids is 4. The Kier molecular flexibility index (Phi) is 12.2. The maximum Gasteiger partial charge on any atom is 0.407 e. The van der Waals surface area contributed by atoms with Gasteiger partial charge in [-0.05, 0) is 88.8 Å². The zero-order valence-corrected chi connectivity index (χ0v) is 33.5. The van der Waals surface area contributed by atoms with Crippen LogP contribution in [0.15, 0.2) is 60.9 Å². The number of hydrogen-bond donors (Lipinski definition) is 6. The van der Waals surface area contributed by atoms with Crippen molar-refractivity contribution in [1.82, 2.24) is 40.4 Å². The molecule has 2 aliphatic heterocycles. The summed E-state index contributed by atoms with van der Waals surface area (Å²) in [6, 6.07) is 12.4. The molecule has 0 bridgehead atoms. The molecule has 2 aliphatic rings. The van der Waals surface area contributed by atoms with Crippen LogP contribution in [0.3, 0.4) is 0 Å². The number of alkyl carbamates (subject to hydrolysis) is 2. The second kappa shape index (κ2) is 17.1. The molecule has 306 valence electrons. The van der Waals surface area contributed by atoms with E-state index in [2.05, 4.69) is 51.9 Å². The Balaban J connectivity index is 1.08. The number of likely N-dealkylation sites (tertiary alicyclic amines) is 2. The van der Waals surface area contributed by atoms with Crippen LogP contribution < -0.4 is 10.6 Å². The minimum absolute atomic E-state index is 0.345. The fourth-order valence-corrected chi connectivity index (χ4v) is 7.31. The maximum absolute atomic E-state index is 13.5. The van der Waals surface area contributed by atoms with Crippen LogP contribution in [0, 0.1) is 11.8 Å². The normalized spacial score (nSPS) is 17.9. The molecular formula is C42H50N8O8. The Hall–Kier alpha value is -6.18. The van der Waals surface area contributed by atoms with Gasteiger partial charge in [0.1, 0.15) is 23.7 Å². The van der Waals surface area contributed by atoms with E-state index in [1.807, 2.05) is 48.5 Å². The molecule has 16 heteroatoms. The van der Waals surface area contributed by atoms with Gasteiger partial charge in [0.25, 0.3) is 0 Å². The lowest BCUT2D eigenvalue weighted by molar-refractivity contribution is -0.141. The number of methoxy groups -OCH3 is 2. The first-order valence-electron chi connectivity index (χ1n) is 19.1. The first kappa shape index (κ1) is 41.5. The highest BCUT2D eigenvalue weighted by Gasteiger charge is 2.44. The van der Waals surface area contributed by atoms with Crippen LogP contribution in [-0.2, 0) is 19.1 Å². The summed E-state index contributed by atoms with van der Waals surface area (Å²) in [5.41, 5.74) is 1.94. The standard InChI is InChI=1S/C42H50N8O8/c1-41(2,55)33(47-39(53)57-5)37(51)49-21-7-9-31(49)35-43-23-29(45-35)27-17-13-25(14-18-27)11-12-26-15-19-28(20-16-26)30-24-44-36(46-30)32-10-8-22-50(32)38(52)34(42(3,4)56)48-40(54)58-6/h13-20,23-24,31-34,55-56H,7-10,21-22H2,1-6H3,(H,43,45)(H,44,46)(H,47,53)(H,48,54)/t31-,32-,33+,34+/m0/s1. The minimum Gasteiger partial charge on any atom is -0.453 e. The van der Waals surface area contributed by atoms with Crippen molar-refractivity contribution in [2.45, 2.75) is 88.7 Å². The molecule has 6 N–H and O–H groups in total. The van der Waals surface area contributed by atoms with Gasteiger partial charge in [0.15, 0.2) is 0 Å². The van der Waals surface area contributed by atoms with Crippen molar-refractivity contribution in [3.8, 4) is 34.4 Å². The molecule has 6 rings (SSSR count). The van der Waals surface area contributed by atoms with E-state index in [-0.39, 0.29) is 12.1 Å². The fourth-order valence-electron chi connectivity index (χ4n) is 7.31. The van der Waals surface area contributed by atoms with Crippen LogP contribution >= 0.6 is 0 Å². The number of hydrogen-bond acceptors (Lipinski definition) is 10. The van der Waals surface area contributed by atoms with Crippen molar-refractivity contribution in [1.29, 1.82) is 0 Å². The van der Waals surface area contributed by atoms with Crippen LogP contribution in [0.5, 0.6) is 0 Å². The first-order chi connectivity index (χ1) is 27.6. The number of aliphatic hydroxyl groups is 2. The smallest absolute Gasteiger partial charge is 0.407 e. The molecule has 4 heterocycles. The molecule has 4 aromatic rings. The van der Waals surface area contributed by atoms with E-state index in [0.29, 0.717) is 37.6 Å². The van der Waals surface area contributed by atoms with Crippen molar-refractivity contribution in [3.05, 3.63) is 83.7 Å². The average Bonchev–Trinajstić information content (AvgIpc) is 4.04. The fraction of sp³-hybridized carbons (Fsp3) is 0.429. The van der Waals surface area contributed by atoms with Gasteiger partial charge < -0.3 is 50.1 Å². The van der Waals surface area contributed by atoms with Gasteiger partial charge in [-0.1, -0.05) is 36.1 Å². The Morgan fingerprint density at radius 3 is 1.38 bits per heavy atom. The van der Waals surface area contributed by atoms with Crippen LogP contribution in [0.1, 0.15) is 88.2 Å². The molecule has 4 amide bonds. The second-order valence-corrected chi connectivity index (χ2v) is 15.6. The lowest BCUT2D eigenvalue weighted by Crippen LogP contribution is -2.58. The molecule has 2 aromatic carbocycles. The second-order valence-electron chi connectivity index (χ2n) is 15.6. The van der Waals surface area contributed by atoms with Gasteiger partial charge in [0, 0.05) is 24.2 Å². The van der Waals surface area contributed by atoms with Gasteiger partial charge in [-0.2, -0.15) is 0 Å². The number of nitrogens with zero attached hydrogens (tertiary/aromatic N) is 4. The van der Waals surface area contributed by atoms with Crippen LogP contribution in [0.25, 0.3) is 22.5 Å². The third kappa shape index (κ3) is 9.33. The van der Waals surface area contributed by atoms with E-state index in [1.165, 1.54) is 41.9 Å². The number of nitrogens with one attached hydrogen (secondary N) is 4. The predicted molar refractivity (Wildman–Crippen MR) is 213 cm³/mol. The van der Waals surface area contributed by atoms with Crippen molar-refractivity contribution >= 4 is 24.0 Å². The van der Waals surface area contributed by atoms with Crippen LogP contribution in [-0.4, -0.2) is 115 Å². The number of carbonyl (C=O) groups is 4. The number of ether oxygens (including phenoxy) is 2. The summed E-state index contributed by atoms with van der Waals surface area (Å²) in [6.45, 7) is 6.79. The zero-order chi connectivity index (χ0) is 41.8. The molecule has 16 nitrogen and oxygen atoms in total. The van der Waals surface area contributed by atoms with Gasteiger partial charge in [0.05, 0.1) is 61.3 Å². The van der Waals surface area contributed by atoms with Crippen molar-refractivity contribution < 1.29 is 38.9 Å². The Morgan fingerprint density at radius 2 is 1.05 bits per heavy atom. The number of aromatic amines is 2. The van der Waals surface area contributed by atoms with Gasteiger partial charge >= 0.3 is 12.2 Å². The highest BCUT2D eigenvalue weighted by atomic mass is 16.5. The van der Waals surface area contributed by atoms with E-state index >= 15 is 0 Å². The molecule has 0 saturated carbocycles. The highest BCUT2D eigenvalue weighted by molar-refractivity contribution is 5.88. The summed E-state index contributed by atoms with van der Waals surface area (Å²) in [5.74, 6) is 6.83. The number of imidazole rings is 2. The third-order valence-electron chi connectivity index (χ3n) is 10.4. The average molecular weight is 795 g/mol. The number of amides is 4. The SMILES string of the molecule is COC(=O)N[C@H](C(=O)N1CCC[C@H]1c1ncc(-c2ccc(C#Cc3ccc(-c4cnc([C@@H]5CCCN5C(=O)[C@@H](NC(=O)OC)C(C)(C)O)[nH]4)cc3)cc2)[nH]1)C(C)(C)O. The van der Waals surface area contributed by atoms with Crippen LogP contribution in [0.2, 0.25) is 0 Å². The number of aromatic nitrogens is 4. The third-order valence-corrected chi connectivity index (χ3v) is 10.4. The zero-order valence-electron chi connectivity index (χ0n) is 33.5. The largest absolute Gasteiger partial charge is 0.453 e. The molecule has 0 aliphatic carbocycles. The quantitative estimate of drug-likeness (QED) is 0.126. The molecule has 0 spiro atoms. The lowest BCUT2D eigenvalue weighted by Gasteiger charge is -2.34. The van der Waals surface area contributed by atoms with E-state index in [1.54, 1.807) is 22.2 Å². The summed E-state index contributed by atoms with van der Waals surface area (Å²) in [4.78, 5) is 70.1. The van der Waals surface area contributed by atoms with Crippen molar-refractivity contribution in [2.75, 3.05) is 27.3 Å². The van der Waals surface area contributed by atoms with E-state index in [4.69, 9.17) is 0 Å². The van der Waals surface area contributed by atoms with Gasteiger partial charge in [0.2, 0.25) is 11.8 Å². The topological polar surface area (TPSA) is 215 Å². The van der Waals surface area contributed by atoms with Gasteiger partial charge in [-0.25, -0.2) is 19.6 Å². The molecular weight excluding hydrogens is 745 g/mol. The Bertz CT molecular complexity index is 2020. The monoisotopic (exact) mass is 794 g/mol. The molecule has 2 aromatic heterocycles.